The van der Waals surface area contributed by atoms with Gasteiger partial charge >= 0.3 is 35.8 Å². The predicted molar refractivity (Wildman–Crippen MR) is 186 cm³/mol. The molecule has 0 aromatic heterocycles. The number of carboxylic acids is 6. The van der Waals surface area contributed by atoms with Gasteiger partial charge in [0, 0.05) is 24.3 Å². The van der Waals surface area contributed by atoms with Gasteiger partial charge in [-0.05, 0) is 24.3 Å². The summed E-state index contributed by atoms with van der Waals surface area (Å²) in [5, 5.41) is 144. The highest BCUT2D eigenvalue weighted by molar-refractivity contribution is 5.83. The van der Waals surface area contributed by atoms with Crippen LogP contribution >= 0.6 is 0 Å². The molecule has 24 nitrogen and oxygen atoms in total. The van der Waals surface area contributed by atoms with E-state index in [-0.39, 0.29) is 0 Å². The van der Waals surface area contributed by atoms with E-state index in [1.54, 1.807) is 0 Å². The Balaban J connectivity index is -0.00000132. The van der Waals surface area contributed by atoms with Gasteiger partial charge in [0.1, 0.15) is 5.41 Å². The minimum Gasteiger partial charge on any atom is -0.485 e. The monoisotopic (exact) mass is 828 g/mol. The lowest BCUT2D eigenvalue weighted by Crippen LogP contribution is -2.64. The van der Waals surface area contributed by atoms with Gasteiger partial charge in [0.05, 0.1) is 102 Å². The van der Waals surface area contributed by atoms with Crippen molar-refractivity contribution in [1.82, 2.24) is 0 Å². The topological polar surface area (TPSA) is 445 Å². The number of aliphatic hydroxyl groups excluding tert-OH is 10. The summed E-state index contributed by atoms with van der Waals surface area (Å²) in [6.45, 7) is -6.18. The normalized spacial score (nSPS) is 14.5. The second kappa shape index (κ2) is 27.9. The van der Waals surface area contributed by atoms with Crippen molar-refractivity contribution in [3.63, 3.8) is 0 Å². The third-order valence-corrected chi connectivity index (χ3v) is 7.56. The van der Waals surface area contributed by atoms with Crippen molar-refractivity contribution in [2.75, 3.05) is 66.1 Å². The van der Waals surface area contributed by atoms with E-state index >= 15 is 0 Å². The first-order valence-corrected chi connectivity index (χ1v) is 15.5. The molecule has 0 saturated carbocycles. The third-order valence-electron chi connectivity index (χ3n) is 7.56. The second-order valence-corrected chi connectivity index (χ2v) is 11.5. The number of carbonyl (C=O) groups is 6. The van der Waals surface area contributed by atoms with E-state index in [0.29, 0.717) is 73.3 Å². The van der Waals surface area contributed by atoms with Gasteiger partial charge < -0.3 is 91.2 Å². The van der Waals surface area contributed by atoms with Crippen molar-refractivity contribution in [3.8, 4) is 0 Å². The summed E-state index contributed by atoms with van der Waals surface area (Å²) in [6.07, 6.45) is 4.83. The molecule has 0 amide bonds. The van der Waals surface area contributed by atoms with Gasteiger partial charge in [-0.25, -0.2) is 28.8 Å². The minimum atomic E-state index is -2.80. The molecule has 0 spiro atoms. The molecule has 57 heavy (non-hydrogen) atoms. The molecule has 0 unspecified atom stereocenters. The molecule has 0 aromatic rings. The van der Waals surface area contributed by atoms with Crippen molar-refractivity contribution in [2.24, 2.45) is 16.2 Å². The zero-order valence-corrected chi connectivity index (χ0v) is 29.9. The number of carboxylic acid groups (broad SMARTS) is 6. The van der Waals surface area contributed by atoms with Crippen LogP contribution in [0.5, 0.6) is 0 Å². The molecular formula is C33H48O24. The van der Waals surface area contributed by atoms with E-state index in [0.717, 1.165) is 0 Å². The van der Waals surface area contributed by atoms with Crippen molar-refractivity contribution in [2.45, 2.75) is 11.2 Å². The Kier molecular flexibility index (Phi) is 27.4. The van der Waals surface area contributed by atoms with Crippen LogP contribution in [0.4, 0.5) is 0 Å². The fourth-order valence-corrected chi connectivity index (χ4v) is 3.77. The van der Waals surface area contributed by atoms with Crippen LogP contribution in [0.15, 0.2) is 73.3 Å². The molecule has 0 aliphatic carbocycles. The fraction of sp³-hybridized carbons (Fsp3) is 0.455. The third kappa shape index (κ3) is 18.3. The molecule has 0 rings (SSSR count). The largest absolute Gasteiger partial charge is 0.485 e. The van der Waals surface area contributed by atoms with Gasteiger partial charge in [0.2, 0.25) is 0 Å². The number of ether oxygens (including phenoxy) is 2. The van der Waals surface area contributed by atoms with Gasteiger partial charge in [-0.1, -0.05) is 0 Å². The Morgan fingerprint density at radius 2 is 0.526 bits per heavy atom. The van der Waals surface area contributed by atoms with Gasteiger partial charge in [-0.3, -0.25) is 0 Å². The van der Waals surface area contributed by atoms with Crippen molar-refractivity contribution in [3.05, 3.63) is 73.3 Å². The van der Waals surface area contributed by atoms with E-state index in [9.17, 15) is 59.4 Å². The number of aliphatic carboxylic acids is 6. The molecule has 0 fully saturated rings. The molecule has 0 aliphatic heterocycles. The van der Waals surface area contributed by atoms with Crippen LogP contribution < -0.4 is 0 Å². The van der Waals surface area contributed by atoms with Crippen LogP contribution in [0.25, 0.3) is 0 Å². The Hall–Kier alpha value is -5.54. The number of rotatable bonds is 26. The zero-order chi connectivity index (χ0) is 44.9. The van der Waals surface area contributed by atoms with Crippen molar-refractivity contribution >= 4 is 35.8 Å². The van der Waals surface area contributed by atoms with E-state index in [1.165, 1.54) is 0 Å². The summed E-state index contributed by atoms with van der Waals surface area (Å²) in [5.74, 6) is -10.1. The summed E-state index contributed by atoms with van der Waals surface area (Å²) >= 11 is 0. The van der Waals surface area contributed by atoms with Gasteiger partial charge in [0.15, 0.2) is 11.2 Å². The summed E-state index contributed by atoms with van der Waals surface area (Å²) in [4.78, 5) is 67.6. The van der Waals surface area contributed by atoms with Crippen molar-refractivity contribution in [1.29, 1.82) is 0 Å². The maximum absolute atomic E-state index is 11.4. The Morgan fingerprint density at radius 1 is 0.333 bits per heavy atom. The van der Waals surface area contributed by atoms with E-state index in [4.69, 9.17) is 60.5 Å². The quantitative estimate of drug-likeness (QED) is 0.0287. The SMILES string of the molecule is O=C(O)C=COC(C=CC(=O)O)(C=CC(=O)O)C(CO)(CO)C(C=CC(=O)O)(C=CC(=O)O)OC=CC(=O)O.OCC(CO)(CO)CO.OCC(CO)(CO)CO. The molecule has 0 heterocycles. The molecule has 24 heteroatoms. The molecule has 0 atom stereocenters. The molecule has 0 saturated heterocycles. The Labute approximate surface area is 322 Å². The number of hydrogen-bond acceptors (Lipinski definition) is 18. The van der Waals surface area contributed by atoms with E-state index in [1.807, 2.05) is 0 Å². The second-order valence-electron chi connectivity index (χ2n) is 11.5. The summed E-state index contributed by atoms with van der Waals surface area (Å²) < 4.78 is 10.7. The lowest BCUT2D eigenvalue weighted by molar-refractivity contribution is -0.165. The molecule has 0 bridgehead atoms. The van der Waals surface area contributed by atoms with Gasteiger partial charge in [-0.15, -0.1) is 0 Å². The first-order valence-electron chi connectivity index (χ1n) is 15.5. The lowest BCUT2D eigenvalue weighted by atomic mass is 9.60. The molecular weight excluding hydrogens is 780 g/mol. The number of hydrogen-bond donors (Lipinski definition) is 16. The smallest absolute Gasteiger partial charge is 0.331 e. The van der Waals surface area contributed by atoms with Crippen LogP contribution in [-0.4, -0.2) is 195 Å². The maximum atomic E-state index is 11.4. The summed E-state index contributed by atoms with van der Waals surface area (Å²) in [6, 6.07) is 0. The lowest BCUT2D eigenvalue weighted by Gasteiger charge is -2.52. The summed E-state index contributed by atoms with van der Waals surface area (Å²) in [5.41, 5.74) is -10.6. The molecule has 324 valence electrons. The molecule has 0 aromatic carbocycles. The van der Waals surface area contributed by atoms with Crippen LogP contribution in [0.1, 0.15) is 0 Å². The first-order chi connectivity index (χ1) is 26.6. The molecule has 16 N–H and O–H groups in total. The van der Waals surface area contributed by atoms with E-state index in [2.05, 4.69) is 0 Å². The van der Waals surface area contributed by atoms with Crippen LogP contribution in [0, 0.1) is 16.2 Å². The van der Waals surface area contributed by atoms with E-state index < -0.39 is 129 Å². The average Bonchev–Trinajstić information content (AvgIpc) is 3.17. The van der Waals surface area contributed by atoms with Crippen LogP contribution in [0.3, 0.4) is 0 Å². The van der Waals surface area contributed by atoms with Crippen LogP contribution in [-0.2, 0) is 38.2 Å². The Morgan fingerprint density at radius 3 is 0.649 bits per heavy atom. The molecule has 0 aliphatic rings. The maximum Gasteiger partial charge on any atom is 0.331 e. The standard InChI is InChI=1S/C23H24O16.2C5H12O4/c24-13-21(14-25,22(7-1-15(26)27,8-2-16(28)29)38-11-5-19(34)35)23(9-3-17(30)31,10-4-18(32)33)39-12-6-20(36)37;2*6-1-5(2-7,3-8)4-9/h1-12,24-25H,13-14H2,(H,26,27)(H,28,29)(H,30,31)(H,32,33)(H,34,35)(H,36,37);2*6-9H,1-4H2. The average molecular weight is 829 g/mol. The summed E-state index contributed by atoms with van der Waals surface area (Å²) in [7, 11) is 0. The van der Waals surface area contributed by atoms with Crippen molar-refractivity contribution < 1.29 is 120 Å². The highest BCUT2D eigenvalue weighted by Gasteiger charge is 2.63. The minimum absolute atomic E-state index is 0.320. The highest BCUT2D eigenvalue weighted by Crippen LogP contribution is 2.50. The Bertz CT molecular complexity index is 1260. The van der Waals surface area contributed by atoms with Crippen LogP contribution in [0.2, 0.25) is 0 Å². The zero-order valence-electron chi connectivity index (χ0n) is 29.9. The predicted octanol–water partition coefficient (Wildman–Crippen LogP) is -4.89. The molecule has 0 radical (unpaired) electrons. The fourth-order valence-electron chi connectivity index (χ4n) is 3.77. The highest BCUT2D eigenvalue weighted by atomic mass is 16.5. The number of aliphatic hydroxyl groups is 10. The van der Waals surface area contributed by atoms with Gasteiger partial charge in [0.25, 0.3) is 0 Å². The first kappa shape index (κ1) is 55.8. The van der Waals surface area contributed by atoms with Gasteiger partial charge in [-0.2, -0.15) is 0 Å².